The highest BCUT2D eigenvalue weighted by Gasteiger charge is 2.30. The van der Waals surface area contributed by atoms with Crippen LogP contribution in [0.4, 0.5) is 13.2 Å². The molecule has 0 heterocycles. The largest absolute Gasteiger partial charge is 0.482 e. The molecule has 0 bridgehead atoms. The van der Waals surface area contributed by atoms with Gasteiger partial charge >= 0.3 is 12.1 Å². The van der Waals surface area contributed by atoms with Crippen molar-refractivity contribution in [2.24, 2.45) is 0 Å². The predicted molar refractivity (Wildman–Crippen MR) is 77.9 cm³/mol. The van der Waals surface area contributed by atoms with E-state index in [2.05, 4.69) is 0 Å². The Morgan fingerprint density at radius 2 is 1.88 bits per heavy atom. The fourth-order valence-corrected chi connectivity index (χ4v) is 1.86. The van der Waals surface area contributed by atoms with Crippen molar-refractivity contribution in [3.63, 3.8) is 0 Å². The van der Waals surface area contributed by atoms with Crippen molar-refractivity contribution in [3.05, 3.63) is 65.2 Å². The molecule has 0 spiro atoms. The number of hydrogen-bond donors (Lipinski definition) is 0. The first kappa shape index (κ1) is 17.3. The number of carbonyl (C=O) groups is 1. The van der Waals surface area contributed by atoms with Gasteiger partial charge in [0.05, 0.1) is 17.2 Å². The van der Waals surface area contributed by atoms with E-state index in [-0.39, 0.29) is 12.4 Å². The van der Waals surface area contributed by atoms with Crippen molar-refractivity contribution in [2.45, 2.75) is 12.8 Å². The highest BCUT2D eigenvalue weighted by atomic mass is 19.4. The fraction of sp³-hybridized carbons (Fsp3) is 0.176. The van der Waals surface area contributed by atoms with E-state index in [1.54, 1.807) is 24.3 Å². The molecule has 0 amide bonds. The summed E-state index contributed by atoms with van der Waals surface area (Å²) in [5, 5.41) is 8.92. The van der Waals surface area contributed by atoms with Crippen molar-refractivity contribution in [1.82, 2.24) is 0 Å². The summed E-state index contributed by atoms with van der Waals surface area (Å²) in [5.74, 6) is -0.834. The summed E-state index contributed by atoms with van der Waals surface area (Å²) in [6.07, 6.45) is -4.49. The Labute approximate surface area is 136 Å². The zero-order chi connectivity index (χ0) is 17.6. The number of rotatable bonds is 5. The summed E-state index contributed by atoms with van der Waals surface area (Å²) < 4.78 is 47.7. The monoisotopic (exact) mass is 335 g/mol. The lowest BCUT2D eigenvalue weighted by molar-refractivity contribution is -0.147. The van der Waals surface area contributed by atoms with Crippen LogP contribution >= 0.6 is 0 Å². The number of halogens is 3. The van der Waals surface area contributed by atoms with E-state index >= 15 is 0 Å². The zero-order valence-electron chi connectivity index (χ0n) is 12.3. The van der Waals surface area contributed by atoms with Crippen LogP contribution in [0.5, 0.6) is 5.75 Å². The minimum absolute atomic E-state index is 0.0841. The number of hydrogen-bond acceptors (Lipinski definition) is 4. The van der Waals surface area contributed by atoms with E-state index < -0.39 is 24.3 Å². The molecule has 0 atom stereocenters. The van der Waals surface area contributed by atoms with Gasteiger partial charge < -0.3 is 9.47 Å². The standard InChI is InChI=1S/C17H12F3NO3/c18-17(19,20)14-6-3-7-15(8-14)23-11-16(22)24-10-13-5-2-1-4-12(13)9-21/h1-8H,10-11H2. The summed E-state index contributed by atoms with van der Waals surface area (Å²) in [4.78, 5) is 11.6. The molecule has 2 aromatic rings. The number of nitriles is 1. The maximum Gasteiger partial charge on any atom is 0.416 e. The lowest BCUT2D eigenvalue weighted by Gasteiger charge is -2.10. The van der Waals surface area contributed by atoms with Gasteiger partial charge in [-0.2, -0.15) is 18.4 Å². The second-order valence-corrected chi connectivity index (χ2v) is 4.74. The number of ether oxygens (including phenoxy) is 2. The van der Waals surface area contributed by atoms with Crippen LogP contribution in [0.2, 0.25) is 0 Å². The summed E-state index contributed by atoms with van der Waals surface area (Å²) >= 11 is 0. The molecule has 7 heteroatoms. The highest BCUT2D eigenvalue weighted by Crippen LogP contribution is 2.31. The number of carbonyl (C=O) groups excluding carboxylic acids is 1. The number of benzene rings is 2. The fourth-order valence-electron chi connectivity index (χ4n) is 1.86. The lowest BCUT2D eigenvalue weighted by atomic mass is 10.1. The van der Waals surface area contributed by atoms with Crippen LogP contribution in [0.15, 0.2) is 48.5 Å². The van der Waals surface area contributed by atoms with Crippen LogP contribution in [-0.4, -0.2) is 12.6 Å². The molecule has 0 radical (unpaired) electrons. The number of alkyl halides is 3. The Morgan fingerprint density at radius 3 is 2.58 bits per heavy atom. The van der Waals surface area contributed by atoms with Crippen LogP contribution in [0, 0.1) is 11.3 Å². The Bertz CT molecular complexity index is 766. The van der Waals surface area contributed by atoms with E-state index in [4.69, 9.17) is 14.7 Å². The summed E-state index contributed by atoms with van der Waals surface area (Å²) in [6.45, 7) is -0.648. The van der Waals surface area contributed by atoms with Crippen molar-refractivity contribution >= 4 is 5.97 Å². The van der Waals surface area contributed by atoms with Gasteiger partial charge in [0, 0.05) is 5.56 Å². The average Bonchev–Trinajstić information content (AvgIpc) is 2.58. The molecule has 0 aromatic heterocycles. The number of esters is 1. The molecule has 0 fully saturated rings. The quantitative estimate of drug-likeness (QED) is 0.782. The van der Waals surface area contributed by atoms with Crippen molar-refractivity contribution in [1.29, 1.82) is 5.26 Å². The van der Waals surface area contributed by atoms with E-state index in [0.29, 0.717) is 11.1 Å². The Hall–Kier alpha value is -3.01. The first-order chi connectivity index (χ1) is 11.4. The predicted octanol–water partition coefficient (Wildman–Crippen LogP) is 3.70. The molecule has 0 aliphatic carbocycles. The zero-order valence-corrected chi connectivity index (χ0v) is 12.3. The van der Waals surface area contributed by atoms with Crippen molar-refractivity contribution < 1.29 is 27.4 Å². The second kappa shape index (κ2) is 7.51. The van der Waals surface area contributed by atoms with Crippen LogP contribution in [0.25, 0.3) is 0 Å². The first-order valence-corrected chi connectivity index (χ1v) is 6.84. The van der Waals surface area contributed by atoms with Gasteiger partial charge in [-0.05, 0) is 24.3 Å². The van der Waals surface area contributed by atoms with E-state index in [1.165, 1.54) is 12.1 Å². The van der Waals surface area contributed by atoms with Crippen LogP contribution in [0.1, 0.15) is 16.7 Å². The van der Waals surface area contributed by atoms with E-state index in [0.717, 1.165) is 12.1 Å². The summed E-state index contributed by atoms with van der Waals surface area (Å²) in [7, 11) is 0. The molecule has 2 aromatic carbocycles. The van der Waals surface area contributed by atoms with Gasteiger partial charge in [0.15, 0.2) is 6.61 Å². The van der Waals surface area contributed by atoms with E-state index in [1.807, 2.05) is 6.07 Å². The topological polar surface area (TPSA) is 59.3 Å². The van der Waals surface area contributed by atoms with Crippen LogP contribution in [0.3, 0.4) is 0 Å². The third kappa shape index (κ3) is 4.74. The average molecular weight is 335 g/mol. The molecule has 0 aliphatic rings. The molecule has 0 unspecified atom stereocenters. The van der Waals surface area contributed by atoms with Gasteiger partial charge in [0.1, 0.15) is 12.4 Å². The molecule has 0 saturated heterocycles. The van der Waals surface area contributed by atoms with Gasteiger partial charge in [-0.25, -0.2) is 4.79 Å². The molecule has 2 rings (SSSR count). The maximum absolute atomic E-state index is 12.6. The Kier molecular flexibility index (Phi) is 5.42. The molecular formula is C17H12F3NO3. The van der Waals surface area contributed by atoms with E-state index in [9.17, 15) is 18.0 Å². The van der Waals surface area contributed by atoms with Gasteiger partial charge in [-0.1, -0.05) is 24.3 Å². The highest BCUT2D eigenvalue weighted by molar-refractivity contribution is 5.71. The van der Waals surface area contributed by atoms with Gasteiger partial charge in [-0.3, -0.25) is 0 Å². The van der Waals surface area contributed by atoms with Crippen LogP contribution in [-0.2, 0) is 22.3 Å². The van der Waals surface area contributed by atoms with Crippen molar-refractivity contribution in [3.8, 4) is 11.8 Å². The SMILES string of the molecule is N#Cc1ccccc1COC(=O)COc1cccc(C(F)(F)F)c1. The van der Waals surface area contributed by atoms with Crippen LogP contribution < -0.4 is 4.74 Å². The number of nitrogens with zero attached hydrogens (tertiary/aromatic N) is 1. The molecule has 124 valence electrons. The molecule has 0 N–H and O–H groups in total. The first-order valence-electron chi connectivity index (χ1n) is 6.84. The minimum Gasteiger partial charge on any atom is -0.482 e. The Balaban J connectivity index is 1.89. The third-order valence-electron chi connectivity index (χ3n) is 3.04. The molecule has 4 nitrogen and oxygen atoms in total. The third-order valence-corrected chi connectivity index (χ3v) is 3.04. The smallest absolute Gasteiger partial charge is 0.416 e. The molecule has 0 aliphatic heterocycles. The van der Waals surface area contributed by atoms with Gasteiger partial charge in [-0.15, -0.1) is 0 Å². The van der Waals surface area contributed by atoms with Crippen molar-refractivity contribution in [2.75, 3.05) is 6.61 Å². The van der Waals surface area contributed by atoms with Gasteiger partial charge in [0.25, 0.3) is 0 Å². The maximum atomic E-state index is 12.6. The molecule has 24 heavy (non-hydrogen) atoms. The summed E-state index contributed by atoms with van der Waals surface area (Å²) in [6, 6.07) is 12.8. The summed E-state index contributed by atoms with van der Waals surface area (Å²) in [5.41, 5.74) is 0.0489. The molecule has 0 saturated carbocycles. The van der Waals surface area contributed by atoms with Gasteiger partial charge in [0.2, 0.25) is 0 Å². The minimum atomic E-state index is -4.49. The molecular weight excluding hydrogens is 323 g/mol. The normalized spacial score (nSPS) is 10.8. The second-order valence-electron chi connectivity index (χ2n) is 4.74. The Morgan fingerprint density at radius 1 is 1.12 bits per heavy atom. The lowest BCUT2D eigenvalue weighted by Crippen LogP contribution is -2.15.